The minimum Gasteiger partial charge on any atom is -0.475 e. The molecule has 2 rings (SSSR count). The van der Waals surface area contributed by atoms with Gasteiger partial charge in [0.25, 0.3) is 0 Å². The average Bonchev–Trinajstić information content (AvgIpc) is 2.95. The quantitative estimate of drug-likeness (QED) is 0.875. The molecule has 0 amide bonds. The molecule has 0 bridgehead atoms. The summed E-state index contributed by atoms with van der Waals surface area (Å²) < 4.78 is 7.13. The minimum atomic E-state index is -1.05. The van der Waals surface area contributed by atoms with Crippen molar-refractivity contribution in [1.82, 2.24) is 15.1 Å². The van der Waals surface area contributed by atoms with E-state index in [9.17, 15) is 4.79 Å². The van der Waals surface area contributed by atoms with E-state index in [0.29, 0.717) is 12.3 Å². The van der Waals surface area contributed by atoms with Gasteiger partial charge in [-0.3, -0.25) is 4.68 Å². The van der Waals surface area contributed by atoms with Gasteiger partial charge in [0.2, 0.25) is 5.76 Å². The van der Waals surface area contributed by atoms with Crippen LogP contribution in [0.15, 0.2) is 16.5 Å². The third-order valence-electron chi connectivity index (χ3n) is 3.51. The number of nitrogens with zero attached hydrogens (tertiary/aromatic N) is 2. The first-order chi connectivity index (χ1) is 9.40. The van der Waals surface area contributed by atoms with Crippen LogP contribution in [-0.2, 0) is 13.6 Å². The Morgan fingerprint density at radius 2 is 2.20 bits per heavy atom. The molecule has 0 aromatic carbocycles. The highest BCUT2D eigenvalue weighted by molar-refractivity contribution is 5.84. The van der Waals surface area contributed by atoms with Crippen LogP contribution in [0.4, 0.5) is 0 Å². The molecule has 6 heteroatoms. The number of carboxylic acid groups (broad SMARTS) is 1. The zero-order chi connectivity index (χ0) is 14.9. The van der Waals surface area contributed by atoms with E-state index in [4.69, 9.17) is 9.52 Å². The molecule has 0 saturated carbocycles. The second kappa shape index (κ2) is 5.50. The first kappa shape index (κ1) is 14.3. The molecule has 6 nitrogen and oxygen atoms in total. The Morgan fingerprint density at radius 1 is 1.50 bits per heavy atom. The maximum atomic E-state index is 10.8. The lowest BCUT2D eigenvalue weighted by Crippen LogP contribution is -2.18. The Bertz CT molecular complexity index is 628. The highest BCUT2D eigenvalue weighted by Crippen LogP contribution is 2.18. The molecule has 2 heterocycles. The fourth-order valence-corrected chi connectivity index (χ4v) is 2.13. The Balaban J connectivity index is 2.04. The van der Waals surface area contributed by atoms with E-state index in [-0.39, 0.29) is 11.8 Å². The molecule has 1 atom stereocenters. The molecule has 20 heavy (non-hydrogen) atoms. The SMILES string of the molecule is Cc1nn(C)c(C)c1CNC(C)c1ccc(C(=O)O)o1. The smallest absolute Gasteiger partial charge is 0.371 e. The molecule has 0 aliphatic heterocycles. The summed E-state index contributed by atoms with van der Waals surface area (Å²) in [6.45, 7) is 6.60. The van der Waals surface area contributed by atoms with Crippen LogP contribution in [0.5, 0.6) is 0 Å². The maximum Gasteiger partial charge on any atom is 0.371 e. The molecule has 0 aliphatic rings. The van der Waals surface area contributed by atoms with E-state index < -0.39 is 5.97 Å². The van der Waals surface area contributed by atoms with E-state index in [1.807, 2.05) is 32.5 Å². The number of aromatic nitrogens is 2. The summed E-state index contributed by atoms with van der Waals surface area (Å²) in [7, 11) is 1.92. The topological polar surface area (TPSA) is 80.3 Å². The van der Waals surface area contributed by atoms with E-state index >= 15 is 0 Å². The summed E-state index contributed by atoms with van der Waals surface area (Å²) in [5, 5.41) is 16.5. The first-order valence-electron chi connectivity index (χ1n) is 6.45. The largest absolute Gasteiger partial charge is 0.475 e. The van der Waals surface area contributed by atoms with Crippen LogP contribution >= 0.6 is 0 Å². The summed E-state index contributed by atoms with van der Waals surface area (Å²) in [5.41, 5.74) is 3.27. The van der Waals surface area contributed by atoms with Crippen LogP contribution in [0.1, 0.15) is 46.2 Å². The van der Waals surface area contributed by atoms with Crippen LogP contribution in [0.3, 0.4) is 0 Å². The van der Waals surface area contributed by atoms with Crippen molar-refractivity contribution < 1.29 is 14.3 Å². The highest BCUT2D eigenvalue weighted by atomic mass is 16.4. The van der Waals surface area contributed by atoms with Crippen LogP contribution in [0, 0.1) is 13.8 Å². The van der Waals surface area contributed by atoms with Gasteiger partial charge in [0.05, 0.1) is 11.7 Å². The van der Waals surface area contributed by atoms with Gasteiger partial charge in [0.1, 0.15) is 5.76 Å². The van der Waals surface area contributed by atoms with E-state index in [2.05, 4.69) is 10.4 Å². The lowest BCUT2D eigenvalue weighted by Gasteiger charge is -2.11. The first-order valence-corrected chi connectivity index (χ1v) is 6.45. The summed E-state index contributed by atoms with van der Waals surface area (Å²) in [6.07, 6.45) is 0. The van der Waals surface area contributed by atoms with Gasteiger partial charge in [0, 0.05) is 24.8 Å². The average molecular weight is 277 g/mol. The zero-order valence-corrected chi connectivity index (χ0v) is 12.1. The number of carbonyl (C=O) groups is 1. The van der Waals surface area contributed by atoms with Gasteiger partial charge in [-0.2, -0.15) is 5.10 Å². The number of hydrogen-bond donors (Lipinski definition) is 2. The van der Waals surface area contributed by atoms with Crippen molar-refractivity contribution in [3.8, 4) is 0 Å². The monoisotopic (exact) mass is 277 g/mol. The van der Waals surface area contributed by atoms with E-state index in [0.717, 1.165) is 17.0 Å². The van der Waals surface area contributed by atoms with Crippen molar-refractivity contribution in [3.05, 3.63) is 40.6 Å². The highest BCUT2D eigenvalue weighted by Gasteiger charge is 2.15. The van der Waals surface area contributed by atoms with Crippen LogP contribution in [0.25, 0.3) is 0 Å². The molecule has 0 spiro atoms. The van der Waals surface area contributed by atoms with Crippen LogP contribution < -0.4 is 5.32 Å². The molecular formula is C14H19N3O3. The molecular weight excluding hydrogens is 258 g/mol. The molecule has 2 aromatic rings. The number of nitrogens with one attached hydrogen (secondary N) is 1. The maximum absolute atomic E-state index is 10.8. The Hall–Kier alpha value is -2.08. The van der Waals surface area contributed by atoms with Gasteiger partial charge in [-0.1, -0.05) is 0 Å². The van der Waals surface area contributed by atoms with Gasteiger partial charge in [-0.05, 0) is 32.9 Å². The van der Waals surface area contributed by atoms with Gasteiger partial charge >= 0.3 is 5.97 Å². The van der Waals surface area contributed by atoms with Crippen molar-refractivity contribution in [1.29, 1.82) is 0 Å². The molecule has 108 valence electrons. The molecule has 0 saturated heterocycles. The van der Waals surface area contributed by atoms with Crippen molar-refractivity contribution in [2.24, 2.45) is 7.05 Å². The number of hydrogen-bond acceptors (Lipinski definition) is 4. The van der Waals surface area contributed by atoms with Crippen LogP contribution in [0.2, 0.25) is 0 Å². The van der Waals surface area contributed by atoms with E-state index in [1.165, 1.54) is 6.07 Å². The summed E-state index contributed by atoms with van der Waals surface area (Å²) in [4.78, 5) is 10.8. The zero-order valence-electron chi connectivity index (χ0n) is 12.1. The molecule has 0 radical (unpaired) electrons. The van der Waals surface area contributed by atoms with Gasteiger partial charge in [-0.25, -0.2) is 4.79 Å². The number of aromatic carboxylic acids is 1. The third-order valence-corrected chi connectivity index (χ3v) is 3.51. The van der Waals surface area contributed by atoms with Gasteiger partial charge in [0.15, 0.2) is 0 Å². The van der Waals surface area contributed by atoms with Crippen LogP contribution in [-0.4, -0.2) is 20.9 Å². The Morgan fingerprint density at radius 3 is 2.70 bits per heavy atom. The number of furan rings is 1. The second-order valence-corrected chi connectivity index (χ2v) is 4.88. The fraction of sp³-hybridized carbons (Fsp3) is 0.429. The lowest BCUT2D eigenvalue weighted by atomic mass is 10.1. The summed E-state index contributed by atoms with van der Waals surface area (Å²) in [6, 6.07) is 3.09. The molecule has 2 aromatic heterocycles. The van der Waals surface area contributed by atoms with Crippen molar-refractivity contribution in [2.75, 3.05) is 0 Å². The second-order valence-electron chi connectivity index (χ2n) is 4.88. The molecule has 0 fully saturated rings. The Kier molecular flexibility index (Phi) is 3.94. The lowest BCUT2D eigenvalue weighted by molar-refractivity contribution is 0.0659. The fourth-order valence-electron chi connectivity index (χ4n) is 2.13. The van der Waals surface area contributed by atoms with E-state index in [1.54, 1.807) is 6.07 Å². The molecule has 1 unspecified atom stereocenters. The molecule has 2 N–H and O–H groups in total. The minimum absolute atomic E-state index is 0.0395. The predicted octanol–water partition coefficient (Wildman–Crippen LogP) is 2.18. The number of aryl methyl sites for hydroxylation is 2. The molecule has 0 aliphatic carbocycles. The summed E-state index contributed by atoms with van der Waals surface area (Å²) >= 11 is 0. The van der Waals surface area contributed by atoms with Crippen molar-refractivity contribution in [2.45, 2.75) is 33.4 Å². The Labute approximate surface area is 117 Å². The van der Waals surface area contributed by atoms with Crippen molar-refractivity contribution in [3.63, 3.8) is 0 Å². The van der Waals surface area contributed by atoms with Crippen molar-refractivity contribution >= 4 is 5.97 Å². The number of carboxylic acids is 1. The standard InChI is InChI=1S/C14H19N3O3/c1-8-11(10(3)17(4)16-8)7-15-9(2)12-5-6-13(20-12)14(18)19/h5-6,9,15H,7H2,1-4H3,(H,18,19). The number of rotatable bonds is 5. The predicted molar refractivity (Wildman–Crippen MR) is 73.6 cm³/mol. The van der Waals surface area contributed by atoms with Gasteiger partial charge in [-0.15, -0.1) is 0 Å². The third kappa shape index (κ3) is 2.75. The summed E-state index contributed by atoms with van der Waals surface area (Å²) in [5.74, 6) is -0.480. The normalized spacial score (nSPS) is 12.6. The van der Waals surface area contributed by atoms with Gasteiger partial charge < -0.3 is 14.8 Å².